The van der Waals surface area contributed by atoms with Crippen LogP contribution in [0.1, 0.15) is 11.6 Å². The highest BCUT2D eigenvalue weighted by Crippen LogP contribution is 2.25. The van der Waals surface area contributed by atoms with Crippen LogP contribution < -0.4 is 0 Å². The third-order valence-electron chi connectivity index (χ3n) is 2.64. The molecular formula is C12H9F2N3O. The van der Waals surface area contributed by atoms with Gasteiger partial charge in [0, 0.05) is 19.1 Å². The first kappa shape index (κ1) is 10.9. The number of aromatic nitrogens is 3. The summed E-state index contributed by atoms with van der Waals surface area (Å²) in [5.74, 6) is -0.438. The number of H-pyrrole nitrogens is 1. The van der Waals surface area contributed by atoms with Crippen LogP contribution >= 0.6 is 0 Å². The average molecular weight is 249 g/mol. The summed E-state index contributed by atoms with van der Waals surface area (Å²) in [6, 6.07) is 2.11. The van der Waals surface area contributed by atoms with Crippen LogP contribution in [0.25, 0.3) is 22.6 Å². The van der Waals surface area contributed by atoms with E-state index in [1.165, 1.54) is 0 Å². The van der Waals surface area contributed by atoms with Gasteiger partial charge in [-0.2, -0.15) is 0 Å². The first-order valence-corrected chi connectivity index (χ1v) is 5.34. The lowest BCUT2D eigenvalue weighted by molar-refractivity contribution is 0.510. The van der Waals surface area contributed by atoms with Crippen LogP contribution in [0.15, 0.2) is 16.5 Å². The van der Waals surface area contributed by atoms with Gasteiger partial charge in [-0.1, -0.05) is 0 Å². The number of halogens is 2. The van der Waals surface area contributed by atoms with Crippen molar-refractivity contribution in [3.05, 3.63) is 35.4 Å². The maximum absolute atomic E-state index is 13.1. The Bertz CT molecular complexity index is 706. The molecular weight excluding hydrogens is 240 g/mol. The predicted octanol–water partition coefficient (Wildman–Crippen LogP) is 3.11. The number of benzene rings is 1. The smallest absolute Gasteiger partial charge is 0.192 e. The number of rotatable bonds is 1. The lowest BCUT2D eigenvalue weighted by Crippen LogP contribution is -1.82. The number of hydrogen-bond donors (Lipinski definition) is 1. The average Bonchev–Trinajstić information content (AvgIpc) is 2.82. The van der Waals surface area contributed by atoms with Gasteiger partial charge in [0.15, 0.2) is 29.1 Å². The van der Waals surface area contributed by atoms with E-state index in [9.17, 15) is 8.78 Å². The molecule has 0 radical (unpaired) electrons. The van der Waals surface area contributed by atoms with E-state index in [4.69, 9.17) is 4.42 Å². The molecule has 2 heterocycles. The van der Waals surface area contributed by atoms with Gasteiger partial charge in [-0.25, -0.2) is 18.7 Å². The molecule has 0 saturated carbocycles. The molecule has 0 aliphatic rings. The van der Waals surface area contributed by atoms with E-state index in [2.05, 4.69) is 15.0 Å². The fraction of sp³-hybridized carbons (Fsp3) is 0.167. The third-order valence-corrected chi connectivity index (χ3v) is 2.64. The van der Waals surface area contributed by atoms with Gasteiger partial charge >= 0.3 is 0 Å². The molecule has 2 aromatic heterocycles. The van der Waals surface area contributed by atoms with Crippen LogP contribution in [-0.2, 0) is 0 Å². The second-order valence-electron chi connectivity index (χ2n) is 4.02. The van der Waals surface area contributed by atoms with Crippen molar-refractivity contribution >= 4 is 11.0 Å². The van der Waals surface area contributed by atoms with Crippen LogP contribution in [0.5, 0.6) is 0 Å². The van der Waals surface area contributed by atoms with Crippen LogP contribution in [-0.4, -0.2) is 15.0 Å². The molecule has 0 atom stereocenters. The normalized spacial score (nSPS) is 11.3. The second-order valence-corrected chi connectivity index (χ2v) is 4.02. The fourth-order valence-electron chi connectivity index (χ4n) is 1.86. The van der Waals surface area contributed by atoms with Crippen molar-refractivity contribution in [1.29, 1.82) is 0 Å². The molecule has 0 fully saturated rings. The summed E-state index contributed by atoms with van der Waals surface area (Å²) in [6.07, 6.45) is 0. The van der Waals surface area contributed by atoms with Crippen molar-refractivity contribution in [2.75, 3.05) is 0 Å². The van der Waals surface area contributed by atoms with Gasteiger partial charge in [0.05, 0.1) is 16.7 Å². The van der Waals surface area contributed by atoms with Crippen LogP contribution in [0.4, 0.5) is 8.78 Å². The Morgan fingerprint density at radius 2 is 1.83 bits per heavy atom. The van der Waals surface area contributed by atoms with E-state index in [1.54, 1.807) is 13.8 Å². The zero-order valence-electron chi connectivity index (χ0n) is 9.71. The maximum atomic E-state index is 13.1. The number of nitrogens with one attached hydrogen (secondary N) is 1. The van der Waals surface area contributed by atoms with E-state index in [1.807, 2.05) is 0 Å². The summed E-state index contributed by atoms with van der Waals surface area (Å²) in [4.78, 5) is 11.2. The van der Waals surface area contributed by atoms with Crippen LogP contribution in [0.3, 0.4) is 0 Å². The minimum Gasteiger partial charge on any atom is -0.437 e. The minimum absolute atomic E-state index is 0.345. The van der Waals surface area contributed by atoms with Gasteiger partial charge in [0.2, 0.25) is 0 Å². The monoisotopic (exact) mass is 249 g/mol. The maximum Gasteiger partial charge on any atom is 0.192 e. The Hall–Kier alpha value is -2.24. The van der Waals surface area contributed by atoms with Gasteiger partial charge in [-0.05, 0) is 6.92 Å². The first-order valence-electron chi connectivity index (χ1n) is 5.34. The van der Waals surface area contributed by atoms with Crippen molar-refractivity contribution in [3.8, 4) is 11.6 Å². The lowest BCUT2D eigenvalue weighted by atomic mass is 10.3. The lowest BCUT2D eigenvalue weighted by Gasteiger charge is -1.90. The topological polar surface area (TPSA) is 54.7 Å². The molecule has 0 aliphatic carbocycles. The number of imidazole rings is 1. The summed E-state index contributed by atoms with van der Waals surface area (Å²) in [5, 5.41) is 0. The summed E-state index contributed by atoms with van der Waals surface area (Å²) in [5.41, 5.74) is 1.43. The van der Waals surface area contributed by atoms with Crippen LogP contribution in [0.2, 0.25) is 0 Å². The predicted molar refractivity (Wildman–Crippen MR) is 61.0 cm³/mol. The molecule has 1 N–H and O–H groups in total. The number of nitrogens with zero attached hydrogens (tertiary/aromatic N) is 2. The Balaban J connectivity index is 2.22. The van der Waals surface area contributed by atoms with E-state index >= 15 is 0 Å². The van der Waals surface area contributed by atoms with Crippen molar-refractivity contribution in [2.24, 2.45) is 0 Å². The SMILES string of the molecule is Cc1nc(C)c(-c2nc3cc(F)c(F)cc3[nH]2)o1. The molecule has 6 heteroatoms. The molecule has 0 amide bonds. The standard InChI is InChI=1S/C12H9F2N3O/c1-5-11(18-6(2)15-5)12-16-9-3-7(13)8(14)4-10(9)17-12/h3-4H,1-2H3,(H,16,17). The van der Waals surface area contributed by atoms with E-state index in [-0.39, 0.29) is 0 Å². The molecule has 4 nitrogen and oxygen atoms in total. The van der Waals surface area contributed by atoms with Crippen molar-refractivity contribution in [1.82, 2.24) is 15.0 Å². The summed E-state index contributed by atoms with van der Waals surface area (Å²) in [7, 11) is 0. The minimum atomic E-state index is -0.925. The molecule has 0 unspecified atom stereocenters. The molecule has 92 valence electrons. The fourth-order valence-corrected chi connectivity index (χ4v) is 1.86. The summed E-state index contributed by atoms with van der Waals surface area (Å²) >= 11 is 0. The largest absolute Gasteiger partial charge is 0.437 e. The highest BCUT2D eigenvalue weighted by molar-refractivity contribution is 5.78. The zero-order valence-corrected chi connectivity index (χ0v) is 9.71. The molecule has 0 spiro atoms. The van der Waals surface area contributed by atoms with Crippen molar-refractivity contribution in [3.63, 3.8) is 0 Å². The number of fused-ring (bicyclic) bond motifs is 1. The van der Waals surface area contributed by atoms with Gasteiger partial charge in [-0.15, -0.1) is 0 Å². The molecule has 0 aliphatic heterocycles. The molecule has 0 saturated heterocycles. The third kappa shape index (κ3) is 1.57. The molecule has 3 rings (SSSR count). The van der Waals surface area contributed by atoms with Crippen LogP contribution in [0, 0.1) is 25.5 Å². The first-order chi connectivity index (χ1) is 8.54. The Kier molecular flexibility index (Phi) is 2.19. The summed E-state index contributed by atoms with van der Waals surface area (Å²) in [6.45, 7) is 3.50. The van der Waals surface area contributed by atoms with E-state index in [0.717, 1.165) is 12.1 Å². The number of aryl methyl sites for hydroxylation is 2. The van der Waals surface area contributed by atoms with Crippen molar-refractivity contribution in [2.45, 2.75) is 13.8 Å². The van der Waals surface area contributed by atoms with Gasteiger partial charge in [0.1, 0.15) is 0 Å². The molecule has 0 bridgehead atoms. The Morgan fingerprint density at radius 1 is 1.11 bits per heavy atom. The number of hydrogen-bond acceptors (Lipinski definition) is 3. The summed E-state index contributed by atoms with van der Waals surface area (Å²) < 4.78 is 31.6. The van der Waals surface area contributed by atoms with Gasteiger partial charge < -0.3 is 9.40 Å². The zero-order chi connectivity index (χ0) is 12.9. The number of oxazole rings is 1. The quantitative estimate of drug-likeness (QED) is 0.720. The number of aromatic amines is 1. The molecule has 3 aromatic rings. The Morgan fingerprint density at radius 3 is 2.50 bits per heavy atom. The van der Waals surface area contributed by atoms with E-state index < -0.39 is 11.6 Å². The van der Waals surface area contributed by atoms with Gasteiger partial charge in [0.25, 0.3) is 0 Å². The highest BCUT2D eigenvalue weighted by atomic mass is 19.2. The second kappa shape index (κ2) is 3.63. The van der Waals surface area contributed by atoms with Crippen molar-refractivity contribution < 1.29 is 13.2 Å². The highest BCUT2D eigenvalue weighted by Gasteiger charge is 2.15. The molecule has 18 heavy (non-hydrogen) atoms. The molecule has 1 aromatic carbocycles. The van der Waals surface area contributed by atoms with Gasteiger partial charge in [-0.3, -0.25) is 0 Å². The Labute approximate surface area is 101 Å². The van der Waals surface area contributed by atoms with E-state index in [0.29, 0.717) is 34.2 Å².